The second-order valence-electron chi connectivity index (χ2n) is 5.51. The third-order valence-corrected chi connectivity index (χ3v) is 2.42. The highest BCUT2D eigenvalue weighted by Crippen LogP contribution is 2.22. The van der Waals surface area contributed by atoms with Crippen LogP contribution < -0.4 is 4.74 Å². The van der Waals surface area contributed by atoms with Gasteiger partial charge in [-0.15, -0.1) is 0 Å². The summed E-state index contributed by atoms with van der Waals surface area (Å²) in [6.07, 6.45) is 0. The van der Waals surface area contributed by atoms with Gasteiger partial charge in [0, 0.05) is 0 Å². The fourth-order valence-electron chi connectivity index (χ4n) is 1.52. The van der Waals surface area contributed by atoms with Crippen LogP contribution in [0.15, 0.2) is 54.6 Å². The molecule has 0 aliphatic carbocycles. The van der Waals surface area contributed by atoms with Gasteiger partial charge in [0.2, 0.25) is 0 Å². The van der Waals surface area contributed by atoms with Crippen molar-refractivity contribution in [1.29, 1.82) is 0 Å². The highest BCUT2D eigenvalue weighted by molar-refractivity contribution is 5.89. The molecule has 0 heterocycles. The Kier molecular flexibility index (Phi) is 4.60. The molecule has 0 radical (unpaired) electrons. The Morgan fingerprint density at radius 3 is 2.24 bits per heavy atom. The number of carbonyl (C=O) groups excluding carboxylic acids is 1. The molecular weight excluding hydrogens is 268 g/mol. The molecule has 0 bridgehead atoms. The number of rotatable bonds is 4. The SMILES string of the molecule is CC(C)(C)OOC(=O)c1cccc(Oc2ccccc2)c1. The summed E-state index contributed by atoms with van der Waals surface area (Å²) >= 11 is 0. The molecule has 2 rings (SSSR count). The monoisotopic (exact) mass is 286 g/mol. The highest BCUT2D eigenvalue weighted by Gasteiger charge is 2.17. The van der Waals surface area contributed by atoms with Gasteiger partial charge in [-0.25, -0.2) is 4.79 Å². The molecule has 110 valence electrons. The van der Waals surface area contributed by atoms with Gasteiger partial charge in [-0.3, -0.25) is 4.89 Å². The fraction of sp³-hybridized carbons (Fsp3) is 0.235. The zero-order valence-electron chi connectivity index (χ0n) is 12.3. The minimum atomic E-state index is -0.552. The summed E-state index contributed by atoms with van der Waals surface area (Å²) in [5.41, 5.74) is -0.180. The molecule has 0 aliphatic heterocycles. The van der Waals surface area contributed by atoms with E-state index in [1.165, 1.54) is 0 Å². The standard InChI is InChI=1S/C17H18O4/c1-17(2,3)21-20-16(18)13-8-7-11-15(12-13)19-14-9-5-4-6-10-14/h4-12H,1-3H3. The van der Waals surface area contributed by atoms with E-state index in [1.807, 2.05) is 30.3 Å². The number of hydrogen-bond acceptors (Lipinski definition) is 4. The molecule has 0 saturated heterocycles. The lowest BCUT2D eigenvalue weighted by Crippen LogP contribution is -2.21. The van der Waals surface area contributed by atoms with E-state index in [9.17, 15) is 4.79 Å². The second kappa shape index (κ2) is 6.41. The first-order chi connectivity index (χ1) is 9.94. The molecule has 0 aromatic heterocycles. The lowest BCUT2D eigenvalue weighted by atomic mass is 10.2. The molecule has 4 heteroatoms. The van der Waals surface area contributed by atoms with Gasteiger partial charge in [0.15, 0.2) is 0 Å². The molecule has 0 unspecified atom stereocenters. The van der Waals surface area contributed by atoms with Gasteiger partial charge in [0.1, 0.15) is 17.1 Å². The van der Waals surface area contributed by atoms with Crippen LogP contribution in [-0.4, -0.2) is 11.6 Å². The summed E-state index contributed by atoms with van der Waals surface area (Å²) in [6.45, 7) is 5.40. The van der Waals surface area contributed by atoms with Crippen LogP contribution in [-0.2, 0) is 9.78 Å². The molecule has 2 aromatic rings. The highest BCUT2D eigenvalue weighted by atomic mass is 17.2. The van der Waals surface area contributed by atoms with E-state index in [-0.39, 0.29) is 0 Å². The summed E-state index contributed by atoms with van der Waals surface area (Å²) < 4.78 is 5.67. The maximum Gasteiger partial charge on any atom is 0.373 e. The molecule has 4 nitrogen and oxygen atoms in total. The molecule has 21 heavy (non-hydrogen) atoms. The summed E-state index contributed by atoms with van der Waals surface area (Å²) in [5.74, 6) is 0.712. The average molecular weight is 286 g/mol. The maximum absolute atomic E-state index is 11.9. The van der Waals surface area contributed by atoms with E-state index in [1.54, 1.807) is 45.0 Å². The van der Waals surface area contributed by atoms with Crippen molar-refractivity contribution in [3.63, 3.8) is 0 Å². The van der Waals surface area contributed by atoms with Crippen molar-refractivity contribution in [3.8, 4) is 11.5 Å². The van der Waals surface area contributed by atoms with Crippen LogP contribution >= 0.6 is 0 Å². The minimum absolute atomic E-state index is 0.368. The quantitative estimate of drug-likeness (QED) is 0.618. The van der Waals surface area contributed by atoms with Gasteiger partial charge in [-0.1, -0.05) is 24.3 Å². The zero-order valence-corrected chi connectivity index (χ0v) is 12.3. The van der Waals surface area contributed by atoms with Crippen LogP contribution in [0.5, 0.6) is 11.5 Å². The Morgan fingerprint density at radius 1 is 0.905 bits per heavy atom. The van der Waals surface area contributed by atoms with Gasteiger partial charge in [0.05, 0.1) is 5.56 Å². The van der Waals surface area contributed by atoms with Crippen LogP contribution in [0.1, 0.15) is 31.1 Å². The molecule has 0 atom stereocenters. The lowest BCUT2D eigenvalue weighted by molar-refractivity contribution is -0.301. The van der Waals surface area contributed by atoms with E-state index in [4.69, 9.17) is 14.5 Å². The Bertz CT molecular complexity index is 600. The lowest BCUT2D eigenvalue weighted by Gasteiger charge is -2.16. The van der Waals surface area contributed by atoms with Gasteiger partial charge in [0.25, 0.3) is 0 Å². The second-order valence-corrected chi connectivity index (χ2v) is 5.51. The molecule has 0 saturated carbocycles. The average Bonchev–Trinajstić information content (AvgIpc) is 2.45. The largest absolute Gasteiger partial charge is 0.457 e. The van der Waals surface area contributed by atoms with Crippen molar-refractivity contribution in [3.05, 3.63) is 60.2 Å². The molecule has 0 aliphatic rings. The topological polar surface area (TPSA) is 44.8 Å². The summed E-state index contributed by atoms with van der Waals surface area (Å²) in [7, 11) is 0. The third kappa shape index (κ3) is 4.93. The van der Waals surface area contributed by atoms with E-state index in [0.29, 0.717) is 17.1 Å². The predicted molar refractivity (Wildman–Crippen MR) is 79.2 cm³/mol. The van der Waals surface area contributed by atoms with Gasteiger partial charge < -0.3 is 4.74 Å². The number of carbonyl (C=O) groups is 1. The Labute approximate surface area is 124 Å². The Morgan fingerprint density at radius 2 is 1.57 bits per heavy atom. The van der Waals surface area contributed by atoms with Crippen LogP contribution in [0.3, 0.4) is 0 Å². The molecule has 2 aromatic carbocycles. The zero-order chi connectivity index (χ0) is 15.3. The van der Waals surface area contributed by atoms with Gasteiger partial charge in [-0.2, -0.15) is 4.89 Å². The van der Waals surface area contributed by atoms with Crippen LogP contribution in [0.4, 0.5) is 0 Å². The summed E-state index contributed by atoms with van der Waals surface area (Å²) in [6, 6.07) is 16.1. The van der Waals surface area contributed by atoms with Gasteiger partial charge >= 0.3 is 5.97 Å². The first-order valence-corrected chi connectivity index (χ1v) is 6.67. The molecule has 0 spiro atoms. The maximum atomic E-state index is 11.9. The minimum Gasteiger partial charge on any atom is -0.457 e. The van der Waals surface area contributed by atoms with E-state index < -0.39 is 11.6 Å². The normalized spacial score (nSPS) is 11.0. The van der Waals surface area contributed by atoms with Crippen molar-refractivity contribution < 1.29 is 19.3 Å². The smallest absolute Gasteiger partial charge is 0.373 e. The van der Waals surface area contributed by atoms with Crippen LogP contribution in [0.2, 0.25) is 0 Å². The van der Waals surface area contributed by atoms with Gasteiger partial charge in [-0.05, 0) is 51.1 Å². The first-order valence-electron chi connectivity index (χ1n) is 6.67. The molecule has 0 fully saturated rings. The summed E-state index contributed by atoms with van der Waals surface area (Å²) in [5, 5.41) is 0. The molecule has 0 N–H and O–H groups in total. The van der Waals surface area contributed by atoms with Crippen molar-refractivity contribution in [2.45, 2.75) is 26.4 Å². The van der Waals surface area contributed by atoms with E-state index in [2.05, 4.69) is 0 Å². The number of para-hydroxylation sites is 1. The van der Waals surface area contributed by atoms with Crippen molar-refractivity contribution in [2.75, 3.05) is 0 Å². The van der Waals surface area contributed by atoms with E-state index >= 15 is 0 Å². The number of benzene rings is 2. The van der Waals surface area contributed by atoms with E-state index in [0.717, 1.165) is 0 Å². The first kappa shape index (κ1) is 15.1. The number of ether oxygens (including phenoxy) is 1. The Hall–Kier alpha value is -2.33. The van der Waals surface area contributed by atoms with Crippen LogP contribution in [0.25, 0.3) is 0 Å². The van der Waals surface area contributed by atoms with Crippen molar-refractivity contribution in [1.82, 2.24) is 0 Å². The predicted octanol–water partition coefficient (Wildman–Crippen LogP) is 4.37. The molecule has 0 amide bonds. The third-order valence-electron chi connectivity index (χ3n) is 2.42. The summed E-state index contributed by atoms with van der Waals surface area (Å²) in [4.78, 5) is 21.7. The van der Waals surface area contributed by atoms with Crippen molar-refractivity contribution in [2.24, 2.45) is 0 Å². The van der Waals surface area contributed by atoms with Crippen molar-refractivity contribution >= 4 is 5.97 Å². The fourth-order valence-corrected chi connectivity index (χ4v) is 1.52. The number of hydrogen-bond donors (Lipinski definition) is 0. The Balaban J connectivity index is 2.05. The molecular formula is C17H18O4. The van der Waals surface area contributed by atoms with Crippen LogP contribution in [0, 0.1) is 0 Å².